The first kappa shape index (κ1) is 24.6. The van der Waals surface area contributed by atoms with E-state index in [1.165, 1.54) is 0 Å². The van der Waals surface area contributed by atoms with E-state index >= 15 is 0 Å². The number of anilines is 2. The van der Waals surface area contributed by atoms with E-state index in [2.05, 4.69) is 19.2 Å². The zero-order valence-electron chi connectivity index (χ0n) is 21.5. The number of allylic oxidation sites excluding steroid dienone is 1. The number of nitrogens with zero attached hydrogens (tertiary/aromatic N) is 1. The average molecular weight is 479 g/mol. The minimum atomic E-state index is -0.659. The highest BCUT2D eigenvalue weighted by Gasteiger charge is 2.44. The van der Waals surface area contributed by atoms with Gasteiger partial charge in [0, 0.05) is 23.6 Å². The summed E-state index contributed by atoms with van der Waals surface area (Å²) in [6.07, 6.45) is 1.08. The maximum absolute atomic E-state index is 13.8. The van der Waals surface area contributed by atoms with Crippen LogP contribution in [0.25, 0.3) is 0 Å². The second-order valence-corrected chi connectivity index (χ2v) is 10.2. The van der Waals surface area contributed by atoms with Crippen molar-refractivity contribution in [1.82, 2.24) is 0 Å². The van der Waals surface area contributed by atoms with Crippen molar-refractivity contribution in [3.05, 3.63) is 53.2 Å². The van der Waals surface area contributed by atoms with Crippen molar-refractivity contribution in [3.8, 4) is 17.2 Å². The van der Waals surface area contributed by atoms with Crippen molar-refractivity contribution in [1.29, 1.82) is 0 Å². The van der Waals surface area contributed by atoms with E-state index in [-0.39, 0.29) is 23.0 Å². The lowest BCUT2D eigenvalue weighted by molar-refractivity contribution is -0.122. The number of carbonyl (C=O) groups excluding carboxylic acids is 2. The van der Waals surface area contributed by atoms with Crippen LogP contribution in [-0.2, 0) is 9.59 Å². The first-order valence-corrected chi connectivity index (χ1v) is 11.9. The van der Waals surface area contributed by atoms with Crippen LogP contribution in [0.5, 0.6) is 17.2 Å². The van der Waals surface area contributed by atoms with Crippen molar-refractivity contribution in [3.63, 3.8) is 0 Å². The molecule has 0 saturated carbocycles. The van der Waals surface area contributed by atoms with Crippen molar-refractivity contribution < 1.29 is 23.8 Å². The lowest BCUT2D eigenvalue weighted by atomic mass is 9.73. The zero-order chi connectivity index (χ0) is 25.5. The highest BCUT2D eigenvalue weighted by molar-refractivity contribution is 6.06. The standard InChI is InChI=1S/C28H34N2O5/c1-16(2)27(32)30-20-11-9-8-10-18(20)29-19-14-28(3,4)15-21(31)24(19)25(30)17-12-22(33-5)26(35-7)23(13-17)34-6/h8-13,16,25,29H,14-15H2,1-7H3. The summed E-state index contributed by atoms with van der Waals surface area (Å²) in [5, 5.41) is 3.53. The molecule has 1 N–H and O–H groups in total. The van der Waals surface area contributed by atoms with E-state index in [0.29, 0.717) is 41.2 Å². The van der Waals surface area contributed by atoms with Crippen molar-refractivity contribution in [2.24, 2.45) is 11.3 Å². The maximum Gasteiger partial charge on any atom is 0.230 e. The summed E-state index contributed by atoms with van der Waals surface area (Å²) in [7, 11) is 4.66. The minimum Gasteiger partial charge on any atom is -0.493 e. The van der Waals surface area contributed by atoms with Crippen LogP contribution in [0.1, 0.15) is 52.1 Å². The lowest BCUT2D eigenvalue weighted by Gasteiger charge is -2.38. The summed E-state index contributed by atoms with van der Waals surface area (Å²) in [5.74, 6) is 1.05. The van der Waals surface area contributed by atoms with Crippen LogP contribution in [-0.4, -0.2) is 33.0 Å². The first-order valence-electron chi connectivity index (χ1n) is 11.9. The van der Waals surface area contributed by atoms with Gasteiger partial charge in [-0.25, -0.2) is 0 Å². The number of hydrogen-bond acceptors (Lipinski definition) is 6. The number of Topliss-reactive ketones (excluding diaryl/α,β-unsaturated/α-hetero) is 1. The summed E-state index contributed by atoms with van der Waals surface area (Å²) in [6, 6.07) is 10.7. The predicted octanol–water partition coefficient (Wildman–Crippen LogP) is 5.51. The number of hydrogen-bond donors (Lipinski definition) is 1. The number of amides is 1. The van der Waals surface area contributed by atoms with Crippen LogP contribution in [0.3, 0.4) is 0 Å². The molecule has 1 heterocycles. The van der Waals surface area contributed by atoms with Crippen LogP contribution < -0.4 is 24.4 Å². The van der Waals surface area contributed by atoms with Crippen molar-refractivity contribution in [2.45, 2.75) is 46.6 Å². The van der Waals surface area contributed by atoms with Gasteiger partial charge in [-0.2, -0.15) is 0 Å². The van der Waals surface area contributed by atoms with Gasteiger partial charge in [-0.15, -0.1) is 0 Å². The monoisotopic (exact) mass is 478 g/mol. The van der Waals surface area contributed by atoms with E-state index in [1.807, 2.05) is 50.2 Å². The molecule has 2 aromatic carbocycles. The molecule has 1 amide bonds. The molecule has 0 fully saturated rings. The fourth-order valence-electron chi connectivity index (χ4n) is 5.08. The van der Waals surface area contributed by atoms with Gasteiger partial charge in [0.1, 0.15) is 0 Å². The molecule has 0 spiro atoms. The number of benzene rings is 2. The smallest absolute Gasteiger partial charge is 0.230 e. The van der Waals surface area contributed by atoms with E-state index in [0.717, 1.165) is 17.1 Å². The first-order chi connectivity index (χ1) is 16.6. The molecule has 1 aliphatic carbocycles. The number of fused-ring (bicyclic) bond motifs is 1. The number of ether oxygens (including phenoxy) is 3. The largest absolute Gasteiger partial charge is 0.493 e. The average Bonchev–Trinajstić information content (AvgIpc) is 2.95. The molecule has 2 aromatic rings. The quantitative estimate of drug-likeness (QED) is 0.611. The Morgan fingerprint density at radius 2 is 1.66 bits per heavy atom. The van der Waals surface area contributed by atoms with Crippen LogP contribution in [0, 0.1) is 11.3 Å². The Morgan fingerprint density at radius 3 is 2.23 bits per heavy atom. The minimum absolute atomic E-state index is 0.0249. The molecule has 0 aromatic heterocycles. The topological polar surface area (TPSA) is 77.1 Å². The Kier molecular flexibility index (Phi) is 6.54. The summed E-state index contributed by atoms with van der Waals surface area (Å²) in [5.41, 5.74) is 3.49. The molecule has 1 unspecified atom stereocenters. The number of rotatable bonds is 5. The fraction of sp³-hybridized carbons (Fsp3) is 0.429. The molecule has 0 radical (unpaired) electrons. The third-order valence-corrected chi connectivity index (χ3v) is 6.63. The van der Waals surface area contributed by atoms with Gasteiger partial charge in [-0.05, 0) is 41.7 Å². The molecule has 7 nitrogen and oxygen atoms in total. The van der Waals surface area contributed by atoms with Crippen molar-refractivity contribution >= 4 is 23.1 Å². The molecular weight excluding hydrogens is 444 g/mol. The molecule has 186 valence electrons. The molecule has 1 aliphatic heterocycles. The maximum atomic E-state index is 13.8. The molecule has 7 heteroatoms. The number of nitrogens with one attached hydrogen (secondary N) is 1. The third-order valence-electron chi connectivity index (χ3n) is 6.63. The van der Waals surface area contributed by atoms with Crippen LogP contribution >= 0.6 is 0 Å². The predicted molar refractivity (Wildman–Crippen MR) is 136 cm³/mol. The Hall–Kier alpha value is -3.48. The van der Waals surface area contributed by atoms with Gasteiger partial charge in [-0.1, -0.05) is 39.8 Å². The molecule has 0 saturated heterocycles. The summed E-state index contributed by atoms with van der Waals surface area (Å²) >= 11 is 0. The van der Waals surface area contributed by atoms with E-state index < -0.39 is 6.04 Å². The zero-order valence-corrected chi connectivity index (χ0v) is 21.5. The van der Waals surface area contributed by atoms with Crippen molar-refractivity contribution in [2.75, 3.05) is 31.5 Å². The Morgan fingerprint density at radius 1 is 1.03 bits per heavy atom. The third kappa shape index (κ3) is 4.35. The molecule has 2 aliphatic rings. The summed E-state index contributed by atoms with van der Waals surface area (Å²) in [4.78, 5) is 29.3. The van der Waals surface area contributed by atoms with Crippen LogP contribution in [0.4, 0.5) is 11.4 Å². The van der Waals surface area contributed by atoms with Gasteiger partial charge in [-0.3, -0.25) is 14.5 Å². The SMILES string of the molecule is COc1cc(C2C3=C(CC(C)(C)CC3=O)Nc3ccccc3N2C(=O)C(C)C)cc(OC)c1OC. The molecular formula is C28H34N2O5. The fourth-order valence-corrected chi connectivity index (χ4v) is 5.08. The number of para-hydroxylation sites is 2. The second-order valence-electron chi connectivity index (χ2n) is 10.2. The Balaban J connectivity index is 2.07. The number of ketones is 1. The lowest BCUT2D eigenvalue weighted by Crippen LogP contribution is -2.41. The highest BCUT2D eigenvalue weighted by Crippen LogP contribution is 2.50. The van der Waals surface area contributed by atoms with Gasteiger partial charge in [0.15, 0.2) is 17.3 Å². The van der Waals surface area contributed by atoms with Gasteiger partial charge < -0.3 is 19.5 Å². The van der Waals surface area contributed by atoms with Crippen LogP contribution in [0.15, 0.2) is 47.7 Å². The van der Waals surface area contributed by atoms with E-state index in [4.69, 9.17) is 14.2 Å². The summed E-state index contributed by atoms with van der Waals surface area (Å²) < 4.78 is 16.8. The number of methoxy groups -OCH3 is 3. The number of carbonyl (C=O) groups is 2. The second kappa shape index (κ2) is 9.29. The van der Waals surface area contributed by atoms with E-state index in [9.17, 15) is 9.59 Å². The molecule has 4 rings (SSSR count). The molecule has 0 bridgehead atoms. The normalized spacial score (nSPS) is 18.9. The molecule has 35 heavy (non-hydrogen) atoms. The van der Waals surface area contributed by atoms with Crippen LogP contribution in [0.2, 0.25) is 0 Å². The van der Waals surface area contributed by atoms with Gasteiger partial charge in [0.05, 0.1) is 38.7 Å². The van der Waals surface area contributed by atoms with E-state index in [1.54, 1.807) is 26.2 Å². The molecule has 1 atom stereocenters. The Bertz CT molecular complexity index is 1170. The van der Waals surface area contributed by atoms with Gasteiger partial charge in [0.2, 0.25) is 11.7 Å². The summed E-state index contributed by atoms with van der Waals surface area (Å²) in [6.45, 7) is 7.94. The Labute approximate surface area is 207 Å². The van der Waals surface area contributed by atoms with Gasteiger partial charge >= 0.3 is 0 Å². The van der Waals surface area contributed by atoms with Gasteiger partial charge in [0.25, 0.3) is 0 Å². The highest BCUT2D eigenvalue weighted by atomic mass is 16.5.